The van der Waals surface area contributed by atoms with Crippen LogP contribution in [0.4, 0.5) is 10.6 Å². The minimum absolute atomic E-state index is 0.0393. The average Bonchev–Trinajstić information content (AvgIpc) is 3.45. The number of rotatable bonds is 6. The molecule has 1 aromatic heterocycles. The van der Waals surface area contributed by atoms with Crippen LogP contribution in [0.3, 0.4) is 0 Å². The highest BCUT2D eigenvalue weighted by Crippen LogP contribution is 2.44. The van der Waals surface area contributed by atoms with Crippen molar-refractivity contribution in [1.82, 2.24) is 10.3 Å². The van der Waals surface area contributed by atoms with Crippen LogP contribution in [-0.2, 0) is 14.3 Å². The van der Waals surface area contributed by atoms with Gasteiger partial charge in [-0.25, -0.2) is 14.6 Å². The number of hydrogen-bond acceptors (Lipinski definition) is 6. The highest BCUT2D eigenvalue weighted by Gasteiger charge is 2.35. The summed E-state index contributed by atoms with van der Waals surface area (Å²) in [5, 5.41) is 14.4. The number of benzene rings is 2. The van der Waals surface area contributed by atoms with Crippen LogP contribution in [0.1, 0.15) is 34.0 Å². The zero-order chi connectivity index (χ0) is 24.4. The Kier molecular flexibility index (Phi) is 6.15. The molecular formula is C26H23N3O6. The molecule has 9 heteroatoms. The third kappa shape index (κ3) is 4.58. The van der Waals surface area contributed by atoms with Crippen LogP contribution in [0.15, 0.2) is 66.7 Å². The third-order valence-corrected chi connectivity index (χ3v) is 6.21. The highest BCUT2D eigenvalue weighted by molar-refractivity contribution is 5.94. The second-order valence-electron chi connectivity index (χ2n) is 8.36. The Morgan fingerprint density at radius 3 is 2.34 bits per heavy atom. The van der Waals surface area contributed by atoms with Crippen molar-refractivity contribution in [3.63, 3.8) is 0 Å². The number of carbonyl (C=O) groups is 3. The van der Waals surface area contributed by atoms with Gasteiger partial charge in [0.25, 0.3) is 5.91 Å². The van der Waals surface area contributed by atoms with Gasteiger partial charge in [-0.1, -0.05) is 54.6 Å². The molecule has 2 heterocycles. The van der Waals surface area contributed by atoms with Crippen LogP contribution < -0.4 is 10.6 Å². The molecule has 0 unspecified atom stereocenters. The minimum atomic E-state index is -1.13. The van der Waals surface area contributed by atoms with Crippen molar-refractivity contribution in [3.05, 3.63) is 83.6 Å². The van der Waals surface area contributed by atoms with Crippen molar-refractivity contribution < 1.29 is 29.0 Å². The molecule has 2 amide bonds. The van der Waals surface area contributed by atoms with E-state index in [1.807, 2.05) is 36.4 Å². The largest absolute Gasteiger partial charge is 0.479 e. The summed E-state index contributed by atoms with van der Waals surface area (Å²) in [7, 11) is 0. The summed E-state index contributed by atoms with van der Waals surface area (Å²) < 4.78 is 10.7. The number of aliphatic carboxylic acids is 1. The lowest BCUT2D eigenvalue weighted by Crippen LogP contribution is -2.44. The second-order valence-corrected chi connectivity index (χ2v) is 8.36. The molecule has 1 aliphatic carbocycles. The van der Waals surface area contributed by atoms with Crippen molar-refractivity contribution in [3.8, 4) is 11.1 Å². The number of carboxylic acid groups (broad SMARTS) is 1. The summed E-state index contributed by atoms with van der Waals surface area (Å²) in [5.74, 6) is -1.62. The first-order valence-corrected chi connectivity index (χ1v) is 11.3. The molecule has 2 aromatic carbocycles. The number of amides is 2. The molecule has 1 aliphatic heterocycles. The maximum absolute atomic E-state index is 12.6. The van der Waals surface area contributed by atoms with Crippen LogP contribution in [0.5, 0.6) is 0 Å². The quantitative estimate of drug-likeness (QED) is 0.501. The normalized spacial score (nSPS) is 18.4. The van der Waals surface area contributed by atoms with Crippen molar-refractivity contribution >= 4 is 23.8 Å². The van der Waals surface area contributed by atoms with E-state index in [1.54, 1.807) is 6.07 Å². The maximum Gasteiger partial charge on any atom is 0.412 e. The summed E-state index contributed by atoms with van der Waals surface area (Å²) in [6.07, 6.45) is -1.39. The monoisotopic (exact) mass is 473 g/mol. The van der Waals surface area contributed by atoms with Crippen molar-refractivity contribution in [1.29, 1.82) is 0 Å². The molecule has 0 radical (unpaired) electrons. The number of pyridine rings is 1. The SMILES string of the molecule is O=C(Nc1cccc(C(=O)N[C@H]2CCO[C@H]2C(=O)O)n1)OCC1c2ccccc2-c2ccccc21. The number of ether oxygens (including phenoxy) is 2. The second kappa shape index (κ2) is 9.55. The van der Waals surface area contributed by atoms with E-state index in [4.69, 9.17) is 9.47 Å². The van der Waals surface area contributed by atoms with E-state index >= 15 is 0 Å². The maximum atomic E-state index is 12.6. The smallest absolute Gasteiger partial charge is 0.412 e. The summed E-state index contributed by atoms with van der Waals surface area (Å²) in [6.45, 7) is 0.400. The Hall–Kier alpha value is -4.24. The van der Waals surface area contributed by atoms with E-state index < -0.39 is 30.1 Å². The number of carbonyl (C=O) groups excluding carboxylic acids is 2. The predicted molar refractivity (Wildman–Crippen MR) is 126 cm³/mol. The van der Waals surface area contributed by atoms with Crippen LogP contribution in [0, 0.1) is 0 Å². The number of anilines is 1. The van der Waals surface area contributed by atoms with Gasteiger partial charge in [-0.05, 0) is 40.8 Å². The van der Waals surface area contributed by atoms with Crippen molar-refractivity contribution in [2.24, 2.45) is 0 Å². The fourth-order valence-electron chi connectivity index (χ4n) is 4.59. The Balaban J connectivity index is 1.22. The molecule has 178 valence electrons. The van der Waals surface area contributed by atoms with Gasteiger partial charge in [0.2, 0.25) is 0 Å². The van der Waals surface area contributed by atoms with E-state index in [1.165, 1.54) is 12.1 Å². The topological polar surface area (TPSA) is 127 Å². The molecule has 2 atom stereocenters. The van der Waals surface area contributed by atoms with E-state index in [-0.39, 0.29) is 30.6 Å². The molecule has 1 saturated heterocycles. The first-order chi connectivity index (χ1) is 17.0. The minimum Gasteiger partial charge on any atom is -0.479 e. The Labute approximate surface area is 201 Å². The van der Waals surface area contributed by atoms with Gasteiger partial charge < -0.3 is 19.9 Å². The summed E-state index contributed by atoms with van der Waals surface area (Å²) >= 11 is 0. The summed E-state index contributed by atoms with van der Waals surface area (Å²) in [6, 6.07) is 20.0. The molecule has 35 heavy (non-hydrogen) atoms. The molecule has 2 aliphatic rings. The van der Waals surface area contributed by atoms with Crippen LogP contribution in [-0.4, -0.2) is 53.4 Å². The fourth-order valence-corrected chi connectivity index (χ4v) is 4.59. The molecule has 3 aromatic rings. The van der Waals surface area contributed by atoms with Gasteiger partial charge in [0.15, 0.2) is 6.10 Å². The number of nitrogens with one attached hydrogen (secondary N) is 2. The van der Waals surface area contributed by atoms with Gasteiger partial charge in [0, 0.05) is 12.5 Å². The third-order valence-electron chi connectivity index (χ3n) is 6.21. The molecule has 5 rings (SSSR count). The number of hydrogen-bond donors (Lipinski definition) is 3. The number of nitrogens with zero attached hydrogens (tertiary/aromatic N) is 1. The van der Waals surface area contributed by atoms with Crippen LogP contribution in [0.2, 0.25) is 0 Å². The molecule has 9 nitrogen and oxygen atoms in total. The van der Waals surface area contributed by atoms with Gasteiger partial charge in [-0.15, -0.1) is 0 Å². The Bertz CT molecular complexity index is 1250. The predicted octanol–water partition coefficient (Wildman–Crippen LogP) is 3.41. The molecule has 0 saturated carbocycles. The Morgan fingerprint density at radius 1 is 0.971 bits per heavy atom. The average molecular weight is 473 g/mol. The lowest BCUT2D eigenvalue weighted by molar-refractivity contribution is -0.148. The zero-order valence-electron chi connectivity index (χ0n) is 18.6. The standard InChI is InChI=1S/C26H23N3O6/c30-24(28-20-12-13-34-23(20)25(31)32)21-10-5-11-22(27-21)29-26(33)35-14-19-17-8-3-1-6-15(17)16-7-2-4-9-18(16)19/h1-11,19-20,23H,12-14H2,(H,28,30)(H,31,32)(H,27,29,33)/t20-,23+/m0/s1. The molecular weight excluding hydrogens is 450 g/mol. The molecule has 1 fully saturated rings. The summed E-state index contributed by atoms with van der Waals surface area (Å²) in [5.41, 5.74) is 4.52. The number of carboxylic acids is 1. The Morgan fingerprint density at radius 2 is 1.66 bits per heavy atom. The van der Waals surface area contributed by atoms with Crippen molar-refractivity contribution in [2.75, 3.05) is 18.5 Å². The lowest BCUT2D eigenvalue weighted by atomic mass is 9.98. The van der Waals surface area contributed by atoms with Crippen LogP contribution in [0.25, 0.3) is 11.1 Å². The van der Waals surface area contributed by atoms with Gasteiger partial charge in [0.05, 0.1) is 6.04 Å². The molecule has 0 bridgehead atoms. The first kappa shape index (κ1) is 22.5. The van der Waals surface area contributed by atoms with Gasteiger partial charge in [-0.2, -0.15) is 0 Å². The van der Waals surface area contributed by atoms with Gasteiger partial charge >= 0.3 is 12.1 Å². The lowest BCUT2D eigenvalue weighted by Gasteiger charge is -2.16. The van der Waals surface area contributed by atoms with E-state index in [0.717, 1.165) is 22.3 Å². The number of fused-ring (bicyclic) bond motifs is 3. The van der Waals surface area contributed by atoms with Gasteiger partial charge in [-0.3, -0.25) is 10.1 Å². The van der Waals surface area contributed by atoms with Gasteiger partial charge in [0.1, 0.15) is 18.1 Å². The van der Waals surface area contributed by atoms with E-state index in [2.05, 4.69) is 27.8 Å². The fraction of sp³-hybridized carbons (Fsp3) is 0.231. The zero-order valence-corrected chi connectivity index (χ0v) is 18.6. The first-order valence-electron chi connectivity index (χ1n) is 11.3. The van der Waals surface area contributed by atoms with Crippen molar-refractivity contribution in [2.45, 2.75) is 24.5 Å². The van der Waals surface area contributed by atoms with Crippen LogP contribution >= 0.6 is 0 Å². The number of aromatic nitrogens is 1. The van der Waals surface area contributed by atoms with E-state index in [9.17, 15) is 19.5 Å². The highest BCUT2D eigenvalue weighted by atomic mass is 16.5. The molecule has 3 N–H and O–H groups in total. The summed E-state index contributed by atoms with van der Waals surface area (Å²) in [4.78, 5) is 40.5. The van der Waals surface area contributed by atoms with E-state index in [0.29, 0.717) is 6.42 Å². The molecule has 0 spiro atoms.